The molecule has 14 rings (SSSR count). The summed E-state index contributed by atoms with van der Waals surface area (Å²) in [6.07, 6.45) is 18.7. The number of aliphatic hydroxyl groups excluding tert-OH is 7. The minimum atomic E-state index is -1.11. The zero-order valence-corrected chi connectivity index (χ0v) is 58.4. The molecule has 3 heterocycles. The molecule has 10 aliphatic rings. The average molecular weight is 1360 g/mol. The summed E-state index contributed by atoms with van der Waals surface area (Å²) in [6.45, 7) is 2.35. The largest absolute Gasteiger partial charge is 0.504 e. The van der Waals surface area contributed by atoms with Crippen LogP contribution in [-0.4, -0.2) is 134 Å². The summed E-state index contributed by atoms with van der Waals surface area (Å²) >= 11 is 0. The number of H-pyrrole nitrogens is 1. The smallest absolute Gasteiger partial charge is 0.161 e. The van der Waals surface area contributed by atoms with Gasteiger partial charge < -0.3 is 66.4 Å². The van der Waals surface area contributed by atoms with E-state index in [1.165, 1.54) is 36.0 Å². The summed E-state index contributed by atoms with van der Waals surface area (Å²) in [6, 6.07) is 27.9. The molecule has 1 saturated heterocycles. The monoisotopic (exact) mass is 1360 g/mol. The van der Waals surface area contributed by atoms with Gasteiger partial charge in [0.2, 0.25) is 0 Å². The number of phenols is 1. The molecule has 3 fully saturated rings. The number of methoxy groups -OCH3 is 1. The second kappa shape index (κ2) is 29.4. The third kappa shape index (κ3) is 12.9. The minimum absolute atomic E-state index is 0.0110. The number of aromatic amines is 1. The zero-order chi connectivity index (χ0) is 67.3. The molecule has 2 spiro atoms. The van der Waals surface area contributed by atoms with E-state index in [9.17, 15) is 40.9 Å². The Kier molecular flexibility index (Phi) is 20.8. The number of phenolic OH excluding ortho intramolecular Hbond substituents is 1. The van der Waals surface area contributed by atoms with Crippen LogP contribution in [0.25, 0.3) is 0 Å². The summed E-state index contributed by atoms with van der Waals surface area (Å²) < 4.78 is 13.2. The van der Waals surface area contributed by atoms with E-state index in [0.29, 0.717) is 74.2 Å². The minimum Gasteiger partial charge on any atom is -0.504 e. The van der Waals surface area contributed by atoms with Crippen molar-refractivity contribution in [2.75, 3.05) is 45.4 Å². The predicted molar refractivity (Wildman–Crippen MR) is 384 cm³/mol. The number of nitrogens with two attached hydrogens (primary N) is 1. The molecule has 16 heteroatoms. The molecule has 0 radical (unpaired) electrons. The Morgan fingerprint density at radius 1 is 0.845 bits per heavy atom. The number of fused-ring (bicyclic) bond motifs is 9. The molecule has 0 amide bonds. The quantitative estimate of drug-likeness (QED) is 0.0243. The first-order valence-corrected chi connectivity index (χ1v) is 39.1. The Bertz CT molecular complexity index is 3660. The number of rotatable bonds is 14. The van der Waals surface area contributed by atoms with Gasteiger partial charge in [0.25, 0.3) is 0 Å². The standard InChI is InChI=1S/C81H104N4O10S2/c1-4-46-31-53-36-69(90)72(95-73-37-54(32-56-18-12-29-84-56)58-27-30-85-78(82)64(58)45-97-96-44-55(42-86)77(73)92)39-60(53)61-38-70(91)75-51(34-59(46)61)26-28-80-41-63(47-13-6-5-7-14-47)66-35-50-17-9-8-16-49(50)33-62-57-19-11-10-15-48(57)20-22-65(62)81(66,74(80)43-87)40-52(21-25-71(94-3)79(93)83-2)76(80)68(89)24-23-67(75)88/h5-9,12-14,16-18,20,22,27,29,34,36,39-40,46,48,51,54-55,57,61-63,65-68,70-71,73-77,79,83-93H,4,10-11,15,19,21,23-25,30-33,35,37-38,41-45,82H2,1-3H3. The van der Waals surface area contributed by atoms with Crippen molar-refractivity contribution < 1.29 is 50.3 Å². The van der Waals surface area contributed by atoms with Crippen molar-refractivity contribution in [3.8, 4) is 23.3 Å². The van der Waals surface area contributed by atoms with E-state index in [1.807, 2.05) is 24.4 Å². The lowest BCUT2D eigenvalue weighted by Gasteiger charge is -2.68. The van der Waals surface area contributed by atoms with E-state index >= 15 is 0 Å². The maximum atomic E-state index is 13.6. The van der Waals surface area contributed by atoms with Crippen molar-refractivity contribution in [1.82, 2.24) is 15.6 Å². The van der Waals surface area contributed by atoms with Gasteiger partial charge in [-0.25, -0.2) is 0 Å². The zero-order valence-electron chi connectivity index (χ0n) is 56.7. The van der Waals surface area contributed by atoms with Crippen LogP contribution in [-0.2, 0) is 30.4 Å². The second-order valence-electron chi connectivity index (χ2n) is 30.5. The molecule has 23 unspecified atom stereocenters. The van der Waals surface area contributed by atoms with Crippen LogP contribution in [0.15, 0.2) is 144 Å². The number of dihydropyridines is 1. The van der Waals surface area contributed by atoms with Crippen LogP contribution in [0.2, 0.25) is 0 Å². The number of hydrogen-bond donors (Lipinski definition) is 12. The highest BCUT2D eigenvalue weighted by atomic mass is 33.1. The van der Waals surface area contributed by atoms with E-state index in [4.69, 9.17) is 15.2 Å². The topological polar surface area (TPSA) is 246 Å². The lowest BCUT2D eigenvalue weighted by Crippen LogP contribution is -2.66. The molecule has 2 saturated carbocycles. The molecule has 23 atom stereocenters. The summed E-state index contributed by atoms with van der Waals surface area (Å²) in [7, 11) is 6.62. The molecule has 2 bridgehead atoms. The Balaban J connectivity index is 0.917. The predicted octanol–water partition coefficient (Wildman–Crippen LogP) is 10.6. The number of benzene rings is 3. The van der Waals surface area contributed by atoms with E-state index in [0.717, 1.165) is 64.8 Å². The molecule has 520 valence electrons. The summed E-state index contributed by atoms with van der Waals surface area (Å²) in [5.41, 5.74) is 16.3. The maximum Gasteiger partial charge on any atom is 0.161 e. The van der Waals surface area contributed by atoms with Crippen molar-refractivity contribution in [3.05, 3.63) is 177 Å². The SMILES string of the molecule is CCC1Cc2cc(O)c(OC3CC(Cc4ccc[nH]4)C4=CCNC(N)=C4CSSCC(CO)C3O)cc2C2CC(O)C3C(C#CC45CC(c6ccccc6)C6Cc7ccccc7CC7C8CCCCC8C=CC7C6(C=C(CCC(OC)C(O)NC)C4C(O)CCC3O)C5CO)C=C12. The van der Waals surface area contributed by atoms with Crippen molar-refractivity contribution in [2.24, 2.45) is 87.6 Å². The summed E-state index contributed by atoms with van der Waals surface area (Å²) in [4.78, 5) is 3.40. The van der Waals surface area contributed by atoms with Crippen LogP contribution < -0.4 is 21.1 Å². The van der Waals surface area contributed by atoms with Crippen molar-refractivity contribution in [2.45, 2.75) is 164 Å². The van der Waals surface area contributed by atoms with Gasteiger partial charge in [0.1, 0.15) is 18.2 Å². The van der Waals surface area contributed by atoms with Gasteiger partial charge >= 0.3 is 0 Å². The number of ether oxygens (including phenoxy) is 2. The molecule has 2 aliphatic heterocycles. The van der Waals surface area contributed by atoms with Crippen LogP contribution in [0.5, 0.6) is 11.5 Å². The number of aliphatic hydroxyl groups is 7. The van der Waals surface area contributed by atoms with Crippen LogP contribution >= 0.6 is 21.6 Å². The van der Waals surface area contributed by atoms with Gasteiger partial charge in [0, 0.05) is 102 Å². The molecule has 13 N–H and O–H groups in total. The van der Waals surface area contributed by atoms with Gasteiger partial charge in [0.15, 0.2) is 11.5 Å². The number of aromatic hydroxyl groups is 1. The lowest BCUT2D eigenvalue weighted by atomic mass is 9.35. The number of nitrogens with one attached hydrogen (secondary N) is 3. The third-order valence-corrected chi connectivity index (χ3v) is 28.3. The molecular formula is C81H104N4O10S2. The fourth-order valence-corrected chi connectivity index (χ4v) is 23.9. The van der Waals surface area contributed by atoms with E-state index < -0.39 is 83.3 Å². The lowest BCUT2D eigenvalue weighted by molar-refractivity contribution is -0.147. The number of aromatic nitrogens is 1. The molecule has 1 aromatic heterocycles. The number of hydrogen-bond acceptors (Lipinski definition) is 15. The van der Waals surface area contributed by atoms with Gasteiger partial charge in [-0.1, -0.05) is 149 Å². The van der Waals surface area contributed by atoms with Crippen molar-refractivity contribution >= 4 is 21.6 Å². The third-order valence-electron chi connectivity index (χ3n) is 25.9. The molecule has 14 nitrogen and oxygen atoms in total. The molecular weight excluding hydrogens is 1250 g/mol. The van der Waals surface area contributed by atoms with E-state index in [-0.39, 0.29) is 85.4 Å². The van der Waals surface area contributed by atoms with E-state index in [2.05, 4.69) is 125 Å². The van der Waals surface area contributed by atoms with Gasteiger partial charge in [-0.3, -0.25) is 5.32 Å². The van der Waals surface area contributed by atoms with Crippen LogP contribution in [0.3, 0.4) is 0 Å². The maximum absolute atomic E-state index is 13.6. The summed E-state index contributed by atoms with van der Waals surface area (Å²) in [5, 5.41) is 106. The highest BCUT2D eigenvalue weighted by Crippen LogP contribution is 2.73. The fourth-order valence-electron chi connectivity index (χ4n) is 21.4. The Labute approximate surface area is 582 Å². The highest BCUT2D eigenvalue weighted by molar-refractivity contribution is 8.76. The first-order valence-electron chi connectivity index (χ1n) is 36.6. The van der Waals surface area contributed by atoms with Gasteiger partial charge in [-0.05, 0) is 202 Å². The number of allylic oxidation sites excluding steroid dienone is 6. The molecule has 97 heavy (non-hydrogen) atoms. The molecule has 4 aromatic rings. The fraction of sp³-hybridized carbons (Fsp3) is 0.580. The first kappa shape index (κ1) is 68.9. The second-order valence-corrected chi connectivity index (χ2v) is 33.1. The average Bonchev–Trinajstić information content (AvgIpc) is 0.852. The highest BCUT2D eigenvalue weighted by Gasteiger charge is 2.69. The van der Waals surface area contributed by atoms with Crippen molar-refractivity contribution in [3.63, 3.8) is 0 Å². The van der Waals surface area contributed by atoms with Crippen molar-refractivity contribution in [1.29, 1.82) is 0 Å². The number of likely N-dealkylation sites (N-methyl/N-ethyl adjacent to an activating group) is 1. The van der Waals surface area contributed by atoms with Gasteiger partial charge in [-0.15, -0.1) is 0 Å². The normalized spacial score (nSPS) is 37.6. The summed E-state index contributed by atoms with van der Waals surface area (Å²) in [5.74, 6) is 7.95. The molecule has 8 aliphatic carbocycles. The van der Waals surface area contributed by atoms with Crippen LogP contribution in [0, 0.1) is 93.7 Å². The Morgan fingerprint density at radius 3 is 2.40 bits per heavy atom. The van der Waals surface area contributed by atoms with Gasteiger partial charge in [-0.2, -0.15) is 0 Å². The Hall–Kier alpha value is -5.26. The molecule has 3 aromatic carbocycles. The van der Waals surface area contributed by atoms with E-state index in [1.54, 1.807) is 35.7 Å². The Morgan fingerprint density at radius 2 is 1.64 bits per heavy atom. The first-order chi connectivity index (χ1) is 47.2. The van der Waals surface area contributed by atoms with Crippen LogP contribution in [0.1, 0.15) is 129 Å². The van der Waals surface area contributed by atoms with Crippen LogP contribution in [0.4, 0.5) is 0 Å². The van der Waals surface area contributed by atoms with Gasteiger partial charge in [0.05, 0.1) is 30.5 Å².